The van der Waals surface area contributed by atoms with Gasteiger partial charge in [0.25, 0.3) is 0 Å². The van der Waals surface area contributed by atoms with Crippen LogP contribution in [0.3, 0.4) is 0 Å². The fraction of sp³-hybridized carbons (Fsp3) is 0.688. The Bertz CT molecular complexity index is 577. The number of hydrogen-bond donors (Lipinski definition) is 1. The highest BCUT2D eigenvalue weighted by Gasteiger charge is 2.32. The summed E-state index contributed by atoms with van der Waals surface area (Å²) < 4.78 is 42.8. The maximum atomic E-state index is 12.5. The van der Waals surface area contributed by atoms with Gasteiger partial charge in [0.15, 0.2) is 0 Å². The van der Waals surface area contributed by atoms with Crippen molar-refractivity contribution in [3.63, 3.8) is 0 Å². The van der Waals surface area contributed by atoms with Crippen LogP contribution in [0.2, 0.25) is 0 Å². The second-order valence-corrected chi connectivity index (χ2v) is 7.00. The Balaban J connectivity index is 1.79. The third-order valence-electron chi connectivity index (χ3n) is 3.70. The Hall–Kier alpha value is -1.90. The Kier molecular flexibility index (Phi) is 5.87. The van der Waals surface area contributed by atoms with Gasteiger partial charge in [0.1, 0.15) is 5.60 Å². The molecule has 2 heterocycles. The lowest BCUT2D eigenvalue weighted by molar-refractivity contribution is -0.153. The van der Waals surface area contributed by atoms with Crippen LogP contribution in [0.25, 0.3) is 0 Å². The van der Waals surface area contributed by atoms with E-state index in [2.05, 4.69) is 15.3 Å². The highest BCUT2D eigenvalue weighted by atomic mass is 19.4. The van der Waals surface area contributed by atoms with Crippen LogP contribution < -0.4 is 10.2 Å². The summed E-state index contributed by atoms with van der Waals surface area (Å²) in [7, 11) is 0. The summed E-state index contributed by atoms with van der Waals surface area (Å²) in [4.78, 5) is 21.1. The highest BCUT2D eigenvalue weighted by molar-refractivity contribution is 5.72. The standard InChI is InChI=1S/C16H23F3N4O2/c1-15(2,3)25-13(24)10-20-12-4-6-23(7-5-12)14-21-8-11(9-22-14)16(17,18)19/h8-9,12,20H,4-7,10H2,1-3H3. The molecule has 0 unspecified atom stereocenters. The first-order chi connectivity index (χ1) is 11.5. The number of carbonyl (C=O) groups is 1. The molecule has 1 saturated heterocycles. The molecule has 1 aromatic rings. The van der Waals surface area contributed by atoms with Gasteiger partial charge in [-0.1, -0.05) is 0 Å². The smallest absolute Gasteiger partial charge is 0.419 e. The number of nitrogens with one attached hydrogen (secondary N) is 1. The topological polar surface area (TPSA) is 67.3 Å². The molecule has 140 valence electrons. The third-order valence-corrected chi connectivity index (χ3v) is 3.70. The molecule has 25 heavy (non-hydrogen) atoms. The number of nitrogens with zero attached hydrogens (tertiary/aromatic N) is 3. The quantitative estimate of drug-likeness (QED) is 0.832. The molecule has 0 radical (unpaired) electrons. The van der Waals surface area contributed by atoms with Gasteiger partial charge in [-0.3, -0.25) is 4.79 Å². The monoisotopic (exact) mass is 360 g/mol. The lowest BCUT2D eigenvalue weighted by Gasteiger charge is -2.32. The number of aromatic nitrogens is 2. The molecular formula is C16H23F3N4O2. The molecule has 6 nitrogen and oxygen atoms in total. The second-order valence-electron chi connectivity index (χ2n) is 7.00. The van der Waals surface area contributed by atoms with Gasteiger partial charge in [-0.2, -0.15) is 13.2 Å². The predicted octanol–water partition coefficient (Wildman–Crippen LogP) is 2.40. The average Bonchev–Trinajstić information content (AvgIpc) is 2.51. The molecule has 1 aliphatic heterocycles. The zero-order chi connectivity index (χ0) is 18.7. The van der Waals surface area contributed by atoms with Gasteiger partial charge >= 0.3 is 12.1 Å². The van der Waals surface area contributed by atoms with E-state index in [1.807, 2.05) is 25.7 Å². The summed E-state index contributed by atoms with van der Waals surface area (Å²) in [6.07, 6.45) is -1.35. The van der Waals surface area contributed by atoms with Crippen molar-refractivity contribution in [2.45, 2.75) is 51.4 Å². The number of piperidine rings is 1. The minimum Gasteiger partial charge on any atom is -0.459 e. The molecule has 1 aromatic heterocycles. The minimum atomic E-state index is -4.43. The van der Waals surface area contributed by atoms with E-state index in [0.29, 0.717) is 19.0 Å². The number of carbonyl (C=O) groups excluding carboxylic acids is 1. The van der Waals surface area contributed by atoms with E-state index in [-0.39, 0.29) is 18.6 Å². The van der Waals surface area contributed by atoms with Crippen molar-refractivity contribution in [2.24, 2.45) is 0 Å². The van der Waals surface area contributed by atoms with E-state index in [0.717, 1.165) is 25.2 Å². The lowest BCUT2D eigenvalue weighted by atomic mass is 10.1. The van der Waals surface area contributed by atoms with Crippen molar-refractivity contribution >= 4 is 11.9 Å². The number of alkyl halides is 3. The van der Waals surface area contributed by atoms with Crippen LogP contribution in [0.5, 0.6) is 0 Å². The molecule has 0 amide bonds. The van der Waals surface area contributed by atoms with E-state index in [1.54, 1.807) is 0 Å². The largest absolute Gasteiger partial charge is 0.459 e. The molecule has 0 bridgehead atoms. The zero-order valence-electron chi connectivity index (χ0n) is 14.6. The predicted molar refractivity (Wildman–Crippen MR) is 86.1 cm³/mol. The molecule has 0 aromatic carbocycles. The first-order valence-corrected chi connectivity index (χ1v) is 8.14. The summed E-state index contributed by atoms with van der Waals surface area (Å²) in [5, 5.41) is 3.15. The van der Waals surface area contributed by atoms with Gasteiger partial charge in [0, 0.05) is 31.5 Å². The van der Waals surface area contributed by atoms with Crippen LogP contribution in [0.15, 0.2) is 12.4 Å². The average molecular weight is 360 g/mol. The number of anilines is 1. The van der Waals surface area contributed by atoms with Crippen LogP contribution in [-0.2, 0) is 15.7 Å². The normalized spacial score (nSPS) is 16.8. The highest BCUT2D eigenvalue weighted by Crippen LogP contribution is 2.28. The van der Waals surface area contributed by atoms with Gasteiger partial charge < -0.3 is 15.0 Å². The van der Waals surface area contributed by atoms with Crippen molar-refractivity contribution in [1.82, 2.24) is 15.3 Å². The summed E-state index contributed by atoms with van der Waals surface area (Å²) >= 11 is 0. The number of ether oxygens (including phenoxy) is 1. The van der Waals surface area contributed by atoms with Crippen molar-refractivity contribution < 1.29 is 22.7 Å². The summed E-state index contributed by atoms with van der Waals surface area (Å²) in [6, 6.07) is 0.151. The van der Waals surface area contributed by atoms with E-state index < -0.39 is 17.3 Å². The van der Waals surface area contributed by atoms with Crippen molar-refractivity contribution in [2.75, 3.05) is 24.5 Å². The number of esters is 1. The summed E-state index contributed by atoms with van der Waals surface area (Å²) in [5.41, 5.74) is -1.37. The Morgan fingerprint density at radius 3 is 2.28 bits per heavy atom. The Morgan fingerprint density at radius 1 is 1.24 bits per heavy atom. The van der Waals surface area contributed by atoms with E-state index in [1.165, 1.54) is 0 Å². The fourth-order valence-electron chi connectivity index (χ4n) is 2.52. The molecule has 9 heteroatoms. The third kappa shape index (κ3) is 6.15. The Morgan fingerprint density at radius 2 is 1.80 bits per heavy atom. The number of halogens is 3. The zero-order valence-corrected chi connectivity index (χ0v) is 14.6. The van der Waals surface area contributed by atoms with Crippen LogP contribution in [0.1, 0.15) is 39.2 Å². The molecule has 2 rings (SSSR count). The van der Waals surface area contributed by atoms with Gasteiger partial charge in [-0.15, -0.1) is 0 Å². The SMILES string of the molecule is CC(C)(C)OC(=O)CNC1CCN(c2ncc(C(F)(F)F)cn2)CC1. The molecule has 0 aliphatic carbocycles. The first-order valence-electron chi connectivity index (χ1n) is 8.14. The molecule has 1 aliphatic rings. The van der Waals surface area contributed by atoms with E-state index in [4.69, 9.17) is 4.74 Å². The summed E-state index contributed by atoms with van der Waals surface area (Å²) in [6.45, 7) is 6.79. The molecule has 0 spiro atoms. The van der Waals surface area contributed by atoms with Crippen molar-refractivity contribution in [1.29, 1.82) is 0 Å². The molecule has 0 saturated carbocycles. The van der Waals surface area contributed by atoms with Crippen molar-refractivity contribution in [3.05, 3.63) is 18.0 Å². The maximum Gasteiger partial charge on any atom is 0.419 e. The van der Waals surface area contributed by atoms with Crippen LogP contribution in [0, 0.1) is 0 Å². The van der Waals surface area contributed by atoms with Crippen LogP contribution >= 0.6 is 0 Å². The fourth-order valence-corrected chi connectivity index (χ4v) is 2.52. The van der Waals surface area contributed by atoms with Crippen LogP contribution in [-0.4, -0.2) is 47.2 Å². The van der Waals surface area contributed by atoms with Gasteiger partial charge in [-0.25, -0.2) is 9.97 Å². The van der Waals surface area contributed by atoms with E-state index >= 15 is 0 Å². The molecule has 1 N–H and O–H groups in total. The molecule has 1 fully saturated rings. The van der Waals surface area contributed by atoms with Gasteiger partial charge in [-0.05, 0) is 33.6 Å². The Labute approximate surface area is 144 Å². The van der Waals surface area contributed by atoms with Crippen LogP contribution in [0.4, 0.5) is 19.1 Å². The van der Waals surface area contributed by atoms with Gasteiger partial charge in [0.2, 0.25) is 5.95 Å². The molecular weight excluding hydrogens is 337 g/mol. The second kappa shape index (κ2) is 7.55. The minimum absolute atomic E-state index is 0.138. The number of hydrogen-bond acceptors (Lipinski definition) is 6. The van der Waals surface area contributed by atoms with Gasteiger partial charge in [0.05, 0.1) is 12.1 Å². The maximum absolute atomic E-state index is 12.5. The summed E-state index contributed by atoms with van der Waals surface area (Å²) in [5.74, 6) is -0.0143. The number of rotatable bonds is 4. The van der Waals surface area contributed by atoms with E-state index in [9.17, 15) is 18.0 Å². The first kappa shape index (κ1) is 19.4. The van der Waals surface area contributed by atoms with Crippen molar-refractivity contribution in [3.8, 4) is 0 Å². The lowest BCUT2D eigenvalue weighted by Crippen LogP contribution is -2.45. The molecule has 0 atom stereocenters.